The van der Waals surface area contributed by atoms with Crippen molar-refractivity contribution in [2.45, 2.75) is 59.3 Å². The number of rotatable bonds is 2. The molecule has 0 aromatic heterocycles. The molecule has 6 nitrogen and oxygen atoms in total. The fourth-order valence-electron chi connectivity index (χ4n) is 5.53. The molecule has 6 heteroatoms. The molecule has 0 radical (unpaired) electrons. The molecule has 1 aromatic carbocycles. The van der Waals surface area contributed by atoms with Crippen LogP contribution in [0.2, 0.25) is 0 Å². The van der Waals surface area contributed by atoms with Gasteiger partial charge in [-0.25, -0.2) is 0 Å². The van der Waals surface area contributed by atoms with Crippen LogP contribution in [0.15, 0.2) is 57.1 Å². The van der Waals surface area contributed by atoms with Gasteiger partial charge in [0.15, 0.2) is 0 Å². The van der Waals surface area contributed by atoms with Crippen molar-refractivity contribution in [3.63, 3.8) is 0 Å². The first kappa shape index (κ1) is 21.5. The van der Waals surface area contributed by atoms with Gasteiger partial charge >= 0.3 is 0 Å². The van der Waals surface area contributed by atoms with E-state index in [0.29, 0.717) is 24.3 Å². The fraction of sp³-hybridized carbons (Fsp3) is 0.520. The highest BCUT2D eigenvalue weighted by atomic mass is 16.5. The van der Waals surface area contributed by atoms with Crippen LogP contribution in [-0.2, 0) is 0 Å². The molecule has 1 heterocycles. The van der Waals surface area contributed by atoms with E-state index >= 15 is 0 Å². The lowest BCUT2D eigenvalue weighted by Gasteiger charge is -2.49. The summed E-state index contributed by atoms with van der Waals surface area (Å²) in [6.07, 6.45) is 3.19. The molecule has 4 rings (SSSR count). The van der Waals surface area contributed by atoms with Crippen molar-refractivity contribution in [2.24, 2.45) is 21.1 Å². The lowest BCUT2D eigenvalue weighted by Crippen LogP contribution is -2.43. The number of nitrogens with zero attached hydrogens (tertiary/aromatic N) is 3. The Hall–Kier alpha value is -2.76. The molecule has 3 aliphatic rings. The molecule has 0 saturated heterocycles. The highest BCUT2D eigenvalue weighted by Crippen LogP contribution is 2.54. The number of hydrogen-bond acceptors (Lipinski definition) is 6. The van der Waals surface area contributed by atoms with E-state index in [-0.39, 0.29) is 16.7 Å². The van der Waals surface area contributed by atoms with Crippen LogP contribution in [0.5, 0.6) is 5.75 Å². The Balaban J connectivity index is 1.99. The number of methoxy groups -OCH3 is 1. The summed E-state index contributed by atoms with van der Waals surface area (Å²) in [4.78, 5) is 2.27. The number of benzene rings is 1. The number of hydrogen-bond donors (Lipinski definition) is 2. The zero-order valence-corrected chi connectivity index (χ0v) is 19.4. The Labute approximate surface area is 184 Å². The molecule has 2 N–H and O–H groups in total. The summed E-state index contributed by atoms with van der Waals surface area (Å²) in [7, 11) is 3.76. The Morgan fingerprint density at radius 3 is 1.68 bits per heavy atom. The van der Waals surface area contributed by atoms with Crippen LogP contribution >= 0.6 is 0 Å². The second kappa shape index (κ2) is 7.43. The van der Waals surface area contributed by atoms with Gasteiger partial charge in [0.25, 0.3) is 0 Å². The van der Waals surface area contributed by atoms with Gasteiger partial charge in [-0.3, -0.25) is 0 Å². The topological polar surface area (TPSA) is 77.7 Å². The highest BCUT2D eigenvalue weighted by molar-refractivity contribution is 6.10. The van der Waals surface area contributed by atoms with Gasteiger partial charge in [-0.15, -0.1) is 0 Å². The third kappa shape index (κ3) is 3.62. The normalized spacial score (nSPS) is 27.4. The number of oxime groups is 2. The standard InChI is InChI=1S/C25H33N3O3/c1-24(2)11-17(26-29)22-19(13-24)28(5)20-14-25(3,4)12-18(27-30)23(20)21(22)15-7-9-16(31-6)10-8-15/h7-10,21,29-30H,11-14H2,1-6H3/b26-17+,27-18+. The molecular weight excluding hydrogens is 390 g/mol. The molecule has 0 spiro atoms. The van der Waals surface area contributed by atoms with Crippen molar-refractivity contribution < 1.29 is 15.2 Å². The van der Waals surface area contributed by atoms with Gasteiger partial charge in [0.2, 0.25) is 0 Å². The van der Waals surface area contributed by atoms with Crippen molar-refractivity contribution in [2.75, 3.05) is 14.2 Å². The minimum atomic E-state index is -0.142. The zero-order valence-electron chi connectivity index (χ0n) is 19.4. The van der Waals surface area contributed by atoms with E-state index in [1.54, 1.807) is 7.11 Å². The molecule has 0 amide bonds. The first-order valence-corrected chi connectivity index (χ1v) is 10.9. The molecule has 0 fully saturated rings. The van der Waals surface area contributed by atoms with Crippen LogP contribution in [0.4, 0.5) is 0 Å². The van der Waals surface area contributed by atoms with Gasteiger partial charge in [-0.05, 0) is 54.2 Å². The first-order valence-electron chi connectivity index (χ1n) is 10.9. The molecular formula is C25H33N3O3. The quantitative estimate of drug-likeness (QED) is 0.484. The SMILES string of the molecule is COc1ccc(C2C3=C(CC(C)(C)C/C3=N\O)N(C)C3=C2/C(=N/O)CC(C)(C)C3)cc1. The van der Waals surface area contributed by atoms with Crippen molar-refractivity contribution in [1.82, 2.24) is 4.90 Å². The van der Waals surface area contributed by atoms with Crippen molar-refractivity contribution >= 4 is 11.4 Å². The molecule has 31 heavy (non-hydrogen) atoms. The van der Waals surface area contributed by atoms with Gasteiger partial charge < -0.3 is 20.1 Å². The molecule has 166 valence electrons. The highest BCUT2D eigenvalue weighted by Gasteiger charge is 2.47. The molecule has 0 saturated carbocycles. The maximum Gasteiger partial charge on any atom is 0.118 e. The van der Waals surface area contributed by atoms with Gasteiger partial charge in [0.05, 0.1) is 18.5 Å². The Morgan fingerprint density at radius 2 is 1.29 bits per heavy atom. The van der Waals surface area contributed by atoms with E-state index in [1.165, 1.54) is 11.4 Å². The summed E-state index contributed by atoms with van der Waals surface area (Å²) >= 11 is 0. The minimum absolute atomic E-state index is 0.00470. The van der Waals surface area contributed by atoms with Crippen molar-refractivity contribution in [3.8, 4) is 5.75 Å². The number of ether oxygens (including phenoxy) is 1. The van der Waals surface area contributed by atoms with Crippen LogP contribution < -0.4 is 4.74 Å². The molecule has 1 aromatic rings. The molecule has 0 atom stereocenters. The minimum Gasteiger partial charge on any atom is -0.497 e. The smallest absolute Gasteiger partial charge is 0.118 e. The predicted octanol–water partition coefficient (Wildman–Crippen LogP) is 5.53. The summed E-state index contributed by atoms with van der Waals surface area (Å²) in [5, 5.41) is 27.6. The van der Waals surface area contributed by atoms with E-state index in [4.69, 9.17) is 4.74 Å². The lowest BCUT2D eigenvalue weighted by molar-refractivity contribution is 0.265. The second-order valence-electron chi connectivity index (χ2n) is 10.6. The van der Waals surface area contributed by atoms with Crippen molar-refractivity contribution in [1.29, 1.82) is 0 Å². The molecule has 0 bridgehead atoms. The third-order valence-electron chi connectivity index (χ3n) is 6.91. The maximum absolute atomic E-state index is 10.0. The van der Waals surface area contributed by atoms with E-state index < -0.39 is 0 Å². The van der Waals surface area contributed by atoms with Crippen LogP contribution in [0.25, 0.3) is 0 Å². The molecule has 2 aliphatic carbocycles. The van der Waals surface area contributed by atoms with Crippen molar-refractivity contribution in [3.05, 3.63) is 52.4 Å². The van der Waals surface area contributed by atoms with Gasteiger partial charge in [0, 0.05) is 35.5 Å². The second-order valence-corrected chi connectivity index (χ2v) is 10.6. The van der Waals surface area contributed by atoms with Crippen LogP contribution in [-0.4, -0.2) is 40.9 Å². The average Bonchev–Trinajstić information content (AvgIpc) is 2.73. The van der Waals surface area contributed by atoms with Crippen LogP contribution in [0.3, 0.4) is 0 Å². The summed E-state index contributed by atoms with van der Waals surface area (Å²) in [5.41, 5.74) is 6.96. The van der Waals surface area contributed by atoms with E-state index in [0.717, 1.165) is 35.3 Å². The van der Waals surface area contributed by atoms with Crippen LogP contribution in [0.1, 0.15) is 64.9 Å². The average molecular weight is 424 g/mol. The van der Waals surface area contributed by atoms with E-state index in [2.05, 4.69) is 62.1 Å². The Bertz CT molecular complexity index is 955. The van der Waals surface area contributed by atoms with Crippen LogP contribution in [0, 0.1) is 10.8 Å². The van der Waals surface area contributed by atoms with Gasteiger partial charge in [-0.1, -0.05) is 50.1 Å². The van der Waals surface area contributed by atoms with Gasteiger partial charge in [-0.2, -0.15) is 0 Å². The third-order valence-corrected chi connectivity index (χ3v) is 6.91. The first-order chi connectivity index (χ1) is 14.6. The summed E-state index contributed by atoms with van der Waals surface area (Å²) in [6.45, 7) is 8.86. The fourth-order valence-corrected chi connectivity index (χ4v) is 5.53. The Morgan fingerprint density at radius 1 is 0.839 bits per heavy atom. The summed E-state index contributed by atoms with van der Waals surface area (Å²) in [5.74, 6) is 0.651. The summed E-state index contributed by atoms with van der Waals surface area (Å²) < 4.78 is 5.37. The zero-order chi connectivity index (χ0) is 22.6. The lowest BCUT2D eigenvalue weighted by atomic mass is 9.63. The predicted molar refractivity (Wildman–Crippen MR) is 122 cm³/mol. The van der Waals surface area contributed by atoms with E-state index in [1.807, 2.05) is 12.1 Å². The summed E-state index contributed by atoms with van der Waals surface area (Å²) in [6, 6.07) is 8.04. The maximum atomic E-state index is 10.0. The van der Waals surface area contributed by atoms with E-state index in [9.17, 15) is 10.4 Å². The molecule has 0 unspecified atom stereocenters. The largest absolute Gasteiger partial charge is 0.497 e. The monoisotopic (exact) mass is 423 g/mol. The number of allylic oxidation sites excluding steroid dienone is 4. The molecule has 1 aliphatic heterocycles. The Kier molecular flexibility index (Phi) is 5.15. The van der Waals surface area contributed by atoms with Gasteiger partial charge in [0.1, 0.15) is 5.75 Å².